The normalized spacial score (nSPS) is 17.6. The van der Waals surface area contributed by atoms with Crippen LogP contribution in [-0.2, 0) is 4.79 Å². The quantitative estimate of drug-likeness (QED) is 0.681. The predicted octanol–water partition coefficient (Wildman–Crippen LogP) is 4.41. The van der Waals surface area contributed by atoms with Gasteiger partial charge in [-0.2, -0.15) is 0 Å². The van der Waals surface area contributed by atoms with Crippen LogP contribution in [0.3, 0.4) is 0 Å². The van der Waals surface area contributed by atoms with E-state index in [9.17, 15) is 9.59 Å². The van der Waals surface area contributed by atoms with E-state index in [2.05, 4.69) is 11.4 Å². The smallest absolute Gasteiger partial charge is 0.251 e. The van der Waals surface area contributed by atoms with E-state index in [1.165, 1.54) is 0 Å². The second-order valence-corrected chi connectivity index (χ2v) is 8.83. The maximum absolute atomic E-state index is 13.4. The van der Waals surface area contributed by atoms with Crippen molar-refractivity contribution in [1.82, 2.24) is 15.2 Å². The Bertz CT molecular complexity index is 982. The van der Waals surface area contributed by atoms with Gasteiger partial charge in [-0.15, -0.1) is 11.3 Å². The van der Waals surface area contributed by atoms with Gasteiger partial charge in [0.2, 0.25) is 5.91 Å². The van der Waals surface area contributed by atoms with Gasteiger partial charge in [0.25, 0.3) is 5.91 Å². The Morgan fingerprint density at radius 2 is 1.83 bits per heavy atom. The van der Waals surface area contributed by atoms with Gasteiger partial charge in [-0.25, -0.2) is 4.98 Å². The molecule has 0 aliphatic carbocycles. The topological polar surface area (TPSA) is 62.3 Å². The number of fused-ring (bicyclic) bond motifs is 1. The van der Waals surface area contributed by atoms with Gasteiger partial charge in [-0.3, -0.25) is 9.59 Å². The lowest BCUT2D eigenvalue weighted by Crippen LogP contribution is -2.51. The number of para-hydroxylation sites is 1. The summed E-state index contributed by atoms with van der Waals surface area (Å²) >= 11 is 1.65. The Morgan fingerprint density at radius 1 is 1.10 bits per heavy atom. The Kier molecular flexibility index (Phi) is 5.62. The molecule has 150 valence electrons. The number of amides is 2. The van der Waals surface area contributed by atoms with Crippen molar-refractivity contribution in [2.24, 2.45) is 5.92 Å². The van der Waals surface area contributed by atoms with E-state index in [4.69, 9.17) is 4.98 Å². The molecule has 1 aromatic heterocycles. The second-order valence-electron chi connectivity index (χ2n) is 7.77. The van der Waals surface area contributed by atoms with Crippen molar-refractivity contribution < 1.29 is 9.59 Å². The summed E-state index contributed by atoms with van der Waals surface area (Å²) in [4.78, 5) is 32.8. The Labute approximate surface area is 174 Å². The molecule has 5 nitrogen and oxygen atoms in total. The molecule has 0 saturated carbocycles. The zero-order chi connectivity index (χ0) is 20.4. The van der Waals surface area contributed by atoms with Gasteiger partial charge in [0, 0.05) is 12.1 Å². The fourth-order valence-corrected chi connectivity index (χ4v) is 4.94. The summed E-state index contributed by atoms with van der Waals surface area (Å²) in [7, 11) is 0. The monoisotopic (exact) mass is 407 g/mol. The van der Waals surface area contributed by atoms with Gasteiger partial charge in [0.15, 0.2) is 0 Å². The first kappa shape index (κ1) is 19.6. The number of nitrogens with one attached hydrogen (secondary N) is 1. The maximum atomic E-state index is 13.4. The lowest BCUT2D eigenvalue weighted by Gasteiger charge is -2.30. The number of hydrogen-bond acceptors (Lipinski definition) is 4. The van der Waals surface area contributed by atoms with E-state index in [0.29, 0.717) is 12.1 Å². The lowest BCUT2D eigenvalue weighted by molar-refractivity contribution is -0.135. The molecule has 2 heterocycles. The number of aromatic nitrogens is 1. The van der Waals surface area contributed by atoms with Crippen LogP contribution < -0.4 is 5.32 Å². The number of likely N-dealkylation sites (tertiary alicyclic amines) is 1. The highest BCUT2D eigenvalue weighted by atomic mass is 32.1. The molecule has 1 saturated heterocycles. The van der Waals surface area contributed by atoms with Gasteiger partial charge in [-0.05, 0) is 43.0 Å². The van der Waals surface area contributed by atoms with Crippen LogP contribution in [0.4, 0.5) is 0 Å². The van der Waals surface area contributed by atoms with Crippen LogP contribution >= 0.6 is 11.3 Å². The first-order chi connectivity index (χ1) is 14.0. The molecule has 2 atom stereocenters. The highest BCUT2D eigenvalue weighted by Crippen LogP contribution is 2.37. The summed E-state index contributed by atoms with van der Waals surface area (Å²) in [6.45, 7) is 4.64. The number of nitrogens with zero attached hydrogens (tertiary/aromatic N) is 2. The van der Waals surface area contributed by atoms with Crippen molar-refractivity contribution in [2.45, 2.75) is 38.8 Å². The summed E-state index contributed by atoms with van der Waals surface area (Å²) in [5.74, 6) is -0.244. The van der Waals surface area contributed by atoms with E-state index in [0.717, 1.165) is 28.1 Å². The molecule has 0 radical (unpaired) electrons. The van der Waals surface area contributed by atoms with E-state index in [1.54, 1.807) is 23.5 Å². The second kappa shape index (κ2) is 8.33. The largest absolute Gasteiger partial charge is 0.340 e. The molecule has 3 aromatic rings. The Morgan fingerprint density at radius 3 is 2.55 bits per heavy atom. The van der Waals surface area contributed by atoms with Crippen molar-refractivity contribution in [2.75, 3.05) is 6.54 Å². The van der Waals surface area contributed by atoms with Crippen LogP contribution in [0, 0.1) is 5.92 Å². The first-order valence-corrected chi connectivity index (χ1v) is 10.9. The number of hydrogen-bond donors (Lipinski definition) is 1. The van der Waals surface area contributed by atoms with Crippen molar-refractivity contribution in [3.63, 3.8) is 0 Å². The first-order valence-electron chi connectivity index (χ1n) is 10.1. The third kappa shape index (κ3) is 4.03. The maximum Gasteiger partial charge on any atom is 0.251 e. The molecule has 1 aliphatic heterocycles. The van der Waals surface area contributed by atoms with Crippen molar-refractivity contribution in [3.8, 4) is 0 Å². The summed E-state index contributed by atoms with van der Waals surface area (Å²) in [5.41, 5.74) is 1.54. The fourth-order valence-electron chi connectivity index (χ4n) is 3.83. The molecular weight excluding hydrogens is 382 g/mol. The van der Waals surface area contributed by atoms with Crippen LogP contribution in [0.25, 0.3) is 10.2 Å². The van der Waals surface area contributed by atoms with Crippen LogP contribution in [-0.4, -0.2) is 34.3 Å². The molecule has 0 bridgehead atoms. The van der Waals surface area contributed by atoms with Crippen LogP contribution in [0.15, 0.2) is 54.6 Å². The van der Waals surface area contributed by atoms with Crippen molar-refractivity contribution in [1.29, 1.82) is 0 Å². The minimum absolute atomic E-state index is 0.00761. The van der Waals surface area contributed by atoms with Crippen LogP contribution in [0.2, 0.25) is 0 Å². The average molecular weight is 408 g/mol. The van der Waals surface area contributed by atoms with Crippen molar-refractivity contribution >= 4 is 33.4 Å². The number of carbonyl (C=O) groups is 2. The van der Waals surface area contributed by atoms with Gasteiger partial charge < -0.3 is 10.2 Å². The van der Waals surface area contributed by atoms with E-state index in [-0.39, 0.29) is 23.8 Å². The molecule has 2 amide bonds. The Hall–Kier alpha value is -2.73. The molecule has 2 aromatic carbocycles. The SMILES string of the molecule is CC(C)C(NC(=O)c1ccccc1)C(=O)N1CCCC1c1nc2ccccc2s1. The summed E-state index contributed by atoms with van der Waals surface area (Å²) < 4.78 is 1.14. The summed E-state index contributed by atoms with van der Waals surface area (Å²) in [6.07, 6.45) is 1.85. The molecule has 1 aliphatic rings. The fraction of sp³-hybridized carbons (Fsp3) is 0.348. The van der Waals surface area contributed by atoms with E-state index >= 15 is 0 Å². The van der Waals surface area contributed by atoms with Gasteiger partial charge in [-0.1, -0.05) is 44.2 Å². The third-order valence-electron chi connectivity index (χ3n) is 5.39. The number of thiazole rings is 1. The average Bonchev–Trinajstić information content (AvgIpc) is 3.38. The van der Waals surface area contributed by atoms with Gasteiger partial charge in [0.1, 0.15) is 11.0 Å². The minimum atomic E-state index is -0.558. The lowest BCUT2D eigenvalue weighted by atomic mass is 10.0. The minimum Gasteiger partial charge on any atom is -0.340 e. The van der Waals surface area contributed by atoms with Gasteiger partial charge in [0.05, 0.1) is 16.3 Å². The standard InChI is InChI=1S/C23H25N3O2S/c1-15(2)20(25-21(27)16-9-4-3-5-10-16)23(28)26-14-8-12-18(26)22-24-17-11-6-7-13-19(17)29-22/h3-7,9-11,13,15,18,20H,8,12,14H2,1-2H3,(H,25,27). The molecule has 1 N–H and O–H groups in total. The molecular formula is C23H25N3O2S. The van der Waals surface area contributed by atoms with E-state index in [1.807, 2.05) is 55.1 Å². The number of rotatable bonds is 5. The van der Waals surface area contributed by atoms with E-state index < -0.39 is 6.04 Å². The van der Waals surface area contributed by atoms with Gasteiger partial charge >= 0.3 is 0 Å². The number of carbonyl (C=O) groups excluding carboxylic acids is 2. The highest BCUT2D eigenvalue weighted by molar-refractivity contribution is 7.18. The zero-order valence-electron chi connectivity index (χ0n) is 16.7. The predicted molar refractivity (Wildman–Crippen MR) is 116 cm³/mol. The molecule has 6 heteroatoms. The summed E-state index contributed by atoms with van der Waals surface area (Å²) in [6, 6.07) is 16.5. The molecule has 0 spiro atoms. The number of benzene rings is 2. The molecule has 1 fully saturated rings. The van der Waals surface area contributed by atoms with Crippen LogP contribution in [0.1, 0.15) is 48.1 Å². The van der Waals surface area contributed by atoms with Crippen LogP contribution in [0.5, 0.6) is 0 Å². The molecule has 29 heavy (non-hydrogen) atoms. The third-order valence-corrected chi connectivity index (χ3v) is 6.52. The highest BCUT2D eigenvalue weighted by Gasteiger charge is 2.37. The Balaban J connectivity index is 1.55. The molecule has 2 unspecified atom stereocenters. The zero-order valence-corrected chi connectivity index (χ0v) is 17.5. The molecule has 4 rings (SSSR count). The van der Waals surface area contributed by atoms with Crippen molar-refractivity contribution in [3.05, 3.63) is 65.2 Å². The summed E-state index contributed by atoms with van der Waals surface area (Å²) in [5, 5.41) is 3.94.